The third-order valence-corrected chi connectivity index (χ3v) is 4.01. The summed E-state index contributed by atoms with van der Waals surface area (Å²) in [6, 6.07) is 25.8. The summed E-state index contributed by atoms with van der Waals surface area (Å²) in [5, 5.41) is 3.47. The van der Waals surface area contributed by atoms with E-state index in [1.807, 2.05) is 48.5 Å². The Balaban J connectivity index is 2.19. The van der Waals surface area contributed by atoms with Crippen LogP contribution < -0.4 is 5.32 Å². The molecule has 3 heteroatoms. The van der Waals surface area contributed by atoms with Crippen LogP contribution in [0.5, 0.6) is 0 Å². The molecule has 0 heterocycles. The van der Waals surface area contributed by atoms with Gasteiger partial charge in [0, 0.05) is 17.5 Å². The van der Waals surface area contributed by atoms with Crippen LogP contribution >= 0.6 is 11.6 Å². The van der Waals surface area contributed by atoms with Crippen LogP contribution in [0.3, 0.4) is 0 Å². The van der Waals surface area contributed by atoms with Crippen LogP contribution in [0.2, 0.25) is 5.02 Å². The Morgan fingerprint density at radius 1 is 0.920 bits per heavy atom. The van der Waals surface area contributed by atoms with Gasteiger partial charge in [-0.25, -0.2) is 0 Å². The van der Waals surface area contributed by atoms with Gasteiger partial charge in [-0.1, -0.05) is 78.3 Å². The molecule has 3 rings (SSSR count). The van der Waals surface area contributed by atoms with E-state index in [4.69, 9.17) is 11.6 Å². The van der Waals surface area contributed by atoms with E-state index in [0.717, 1.165) is 22.3 Å². The lowest BCUT2D eigenvalue weighted by molar-refractivity contribution is -0.114. The fourth-order valence-corrected chi connectivity index (χ4v) is 2.87. The van der Waals surface area contributed by atoms with Crippen molar-refractivity contribution in [3.05, 3.63) is 101 Å². The molecule has 0 saturated heterocycles. The molecular weight excluding hydrogens is 330 g/mol. The van der Waals surface area contributed by atoms with Crippen molar-refractivity contribution in [1.82, 2.24) is 0 Å². The minimum absolute atomic E-state index is 0.129. The maximum Gasteiger partial charge on any atom is 0.221 e. The first-order chi connectivity index (χ1) is 12.1. The molecule has 3 aromatic rings. The molecule has 0 aliphatic heterocycles. The van der Waals surface area contributed by atoms with Crippen molar-refractivity contribution in [3.63, 3.8) is 0 Å². The molecule has 0 unspecified atom stereocenters. The quantitative estimate of drug-likeness (QED) is 0.586. The second kappa shape index (κ2) is 7.82. The second-order valence-corrected chi connectivity index (χ2v) is 6.14. The normalized spacial score (nSPS) is 11.2. The lowest BCUT2D eigenvalue weighted by atomic mass is 9.94. The van der Waals surface area contributed by atoms with Crippen LogP contribution in [0, 0.1) is 0 Å². The lowest BCUT2D eigenvalue weighted by Crippen LogP contribution is -2.08. The molecule has 3 aromatic carbocycles. The molecule has 0 atom stereocenters. The van der Waals surface area contributed by atoms with Gasteiger partial charge in [0.25, 0.3) is 0 Å². The van der Waals surface area contributed by atoms with E-state index in [2.05, 4.69) is 35.7 Å². The van der Waals surface area contributed by atoms with Crippen molar-refractivity contribution in [1.29, 1.82) is 0 Å². The molecule has 25 heavy (non-hydrogen) atoms. The van der Waals surface area contributed by atoms with E-state index in [-0.39, 0.29) is 5.91 Å². The maximum atomic E-state index is 11.6. The minimum Gasteiger partial charge on any atom is -0.326 e. The highest BCUT2D eigenvalue weighted by atomic mass is 35.5. The lowest BCUT2D eigenvalue weighted by Gasteiger charge is -2.15. The van der Waals surface area contributed by atoms with Gasteiger partial charge in [-0.3, -0.25) is 4.79 Å². The number of anilines is 1. The van der Waals surface area contributed by atoms with Crippen molar-refractivity contribution >= 4 is 34.8 Å². The van der Waals surface area contributed by atoms with E-state index in [1.165, 1.54) is 6.92 Å². The predicted molar refractivity (Wildman–Crippen MR) is 106 cm³/mol. The van der Waals surface area contributed by atoms with Gasteiger partial charge in [0.15, 0.2) is 0 Å². The van der Waals surface area contributed by atoms with Gasteiger partial charge in [0.1, 0.15) is 0 Å². The number of rotatable bonds is 4. The van der Waals surface area contributed by atoms with Crippen molar-refractivity contribution in [3.8, 4) is 0 Å². The first-order valence-electron chi connectivity index (χ1n) is 8.03. The van der Waals surface area contributed by atoms with Crippen molar-refractivity contribution < 1.29 is 4.79 Å². The highest BCUT2D eigenvalue weighted by molar-refractivity contribution is 6.31. The molecule has 2 nitrogen and oxygen atoms in total. The van der Waals surface area contributed by atoms with E-state index >= 15 is 0 Å². The fraction of sp³-hybridized carbons (Fsp3) is 0.0455. The summed E-state index contributed by atoms with van der Waals surface area (Å²) in [5.74, 6) is -0.129. The van der Waals surface area contributed by atoms with E-state index < -0.39 is 0 Å². The van der Waals surface area contributed by atoms with Gasteiger partial charge >= 0.3 is 0 Å². The molecule has 0 aliphatic carbocycles. The largest absolute Gasteiger partial charge is 0.326 e. The van der Waals surface area contributed by atoms with Crippen LogP contribution in [0.1, 0.15) is 23.6 Å². The average molecular weight is 348 g/mol. The maximum absolute atomic E-state index is 11.6. The van der Waals surface area contributed by atoms with Crippen LogP contribution in [0.15, 0.2) is 78.9 Å². The number of benzene rings is 3. The van der Waals surface area contributed by atoms with Crippen molar-refractivity contribution in [2.24, 2.45) is 0 Å². The minimum atomic E-state index is -0.129. The SMILES string of the molecule is CC(=O)Nc1cc(Cl)ccc1C(=Cc1ccccc1)c1ccccc1. The number of amides is 1. The third kappa shape index (κ3) is 4.37. The van der Waals surface area contributed by atoms with Gasteiger partial charge < -0.3 is 5.32 Å². The Hall–Kier alpha value is -2.84. The summed E-state index contributed by atoms with van der Waals surface area (Å²) in [6.45, 7) is 1.49. The smallest absolute Gasteiger partial charge is 0.221 e. The summed E-state index contributed by atoms with van der Waals surface area (Å²) in [4.78, 5) is 11.6. The second-order valence-electron chi connectivity index (χ2n) is 5.71. The number of hydrogen-bond acceptors (Lipinski definition) is 1. The summed E-state index contributed by atoms with van der Waals surface area (Å²) in [6.07, 6.45) is 2.11. The fourth-order valence-electron chi connectivity index (χ4n) is 2.69. The molecule has 0 fully saturated rings. The van der Waals surface area contributed by atoms with Crippen LogP contribution in [0.4, 0.5) is 5.69 Å². The number of carbonyl (C=O) groups is 1. The van der Waals surface area contributed by atoms with E-state index in [9.17, 15) is 4.79 Å². The number of hydrogen-bond donors (Lipinski definition) is 1. The highest BCUT2D eigenvalue weighted by Crippen LogP contribution is 2.33. The zero-order valence-electron chi connectivity index (χ0n) is 13.9. The van der Waals surface area contributed by atoms with Gasteiger partial charge in [0.05, 0.1) is 5.69 Å². The summed E-state index contributed by atoms with van der Waals surface area (Å²) in [7, 11) is 0. The van der Waals surface area contributed by atoms with Gasteiger partial charge in [-0.05, 0) is 34.9 Å². The first-order valence-corrected chi connectivity index (χ1v) is 8.41. The monoisotopic (exact) mass is 347 g/mol. The zero-order valence-corrected chi connectivity index (χ0v) is 14.6. The van der Waals surface area contributed by atoms with Crippen LogP contribution in [-0.4, -0.2) is 5.91 Å². The number of halogens is 1. The Labute approximate surface area is 152 Å². The molecular formula is C22H18ClNO. The van der Waals surface area contributed by atoms with Crippen molar-refractivity contribution in [2.45, 2.75) is 6.92 Å². The molecule has 0 bridgehead atoms. The van der Waals surface area contributed by atoms with E-state index in [0.29, 0.717) is 10.7 Å². The summed E-state index contributed by atoms with van der Waals surface area (Å²) in [5.41, 5.74) is 4.80. The average Bonchev–Trinajstić information content (AvgIpc) is 2.61. The first kappa shape index (κ1) is 17.0. The number of carbonyl (C=O) groups excluding carboxylic acids is 1. The van der Waals surface area contributed by atoms with Crippen LogP contribution in [-0.2, 0) is 4.79 Å². The van der Waals surface area contributed by atoms with Gasteiger partial charge in [0.2, 0.25) is 5.91 Å². The number of nitrogens with one attached hydrogen (secondary N) is 1. The summed E-state index contributed by atoms with van der Waals surface area (Å²) < 4.78 is 0. The Morgan fingerprint density at radius 2 is 1.56 bits per heavy atom. The van der Waals surface area contributed by atoms with Gasteiger partial charge in [-0.2, -0.15) is 0 Å². The molecule has 1 N–H and O–H groups in total. The Morgan fingerprint density at radius 3 is 2.20 bits per heavy atom. The van der Waals surface area contributed by atoms with E-state index in [1.54, 1.807) is 6.07 Å². The van der Waals surface area contributed by atoms with Crippen LogP contribution in [0.25, 0.3) is 11.6 Å². The standard InChI is InChI=1S/C22H18ClNO/c1-16(25)24-22-15-19(23)12-13-20(22)21(18-10-6-3-7-11-18)14-17-8-4-2-5-9-17/h2-15H,1H3,(H,24,25). The zero-order chi connectivity index (χ0) is 17.6. The highest BCUT2D eigenvalue weighted by Gasteiger charge is 2.12. The predicted octanol–water partition coefficient (Wildman–Crippen LogP) is 5.89. The molecule has 0 spiro atoms. The topological polar surface area (TPSA) is 29.1 Å². The molecule has 0 aliphatic rings. The molecule has 124 valence electrons. The molecule has 0 saturated carbocycles. The Bertz CT molecular complexity index is 902. The molecule has 0 radical (unpaired) electrons. The summed E-state index contributed by atoms with van der Waals surface area (Å²) >= 11 is 6.14. The molecule has 0 aromatic heterocycles. The Kier molecular flexibility index (Phi) is 5.32. The van der Waals surface area contributed by atoms with Crippen molar-refractivity contribution in [2.75, 3.05) is 5.32 Å². The third-order valence-electron chi connectivity index (χ3n) is 3.78. The molecule has 1 amide bonds. The van der Waals surface area contributed by atoms with Gasteiger partial charge in [-0.15, -0.1) is 0 Å².